The highest BCUT2D eigenvalue weighted by molar-refractivity contribution is 7.10. The number of aromatic nitrogens is 1. The molecule has 2 aromatic carbocycles. The Morgan fingerprint density at radius 1 is 0.808 bits per heavy atom. The first-order valence-corrected chi connectivity index (χ1v) is 8.59. The van der Waals surface area contributed by atoms with Crippen molar-refractivity contribution in [1.29, 1.82) is 0 Å². The fourth-order valence-corrected chi connectivity index (χ4v) is 3.53. The molecule has 0 spiro atoms. The predicted molar refractivity (Wildman–Crippen MR) is 104 cm³/mol. The molecule has 0 saturated heterocycles. The lowest BCUT2D eigenvalue weighted by atomic mass is 10.0. The van der Waals surface area contributed by atoms with Crippen molar-refractivity contribution in [1.82, 2.24) is 4.37 Å². The van der Waals surface area contributed by atoms with Gasteiger partial charge in [-0.2, -0.15) is 4.37 Å². The topological polar surface area (TPSA) is 75.8 Å². The smallest absolute Gasteiger partial charge is 0.203 e. The van der Waals surface area contributed by atoms with Crippen LogP contribution in [0.2, 0.25) is 0 Å². The fourth-order valence-electron chi connectivity index (χ4n) is 2.77. The number of hydrogen-bond acceptors (Lipinski definition) is 7. The highest BCUT2D eigenvalue weighted by Crippen LogP contribution is 2.44. The summed E-state index contributed by atoms with van der Waals surface area (Å²) in [4.78, 5) is 0.994. The van der Waals surface area contributed by atoms with Crippen LogP contribution in [0.15, 0.2) is 36.5 Å². The predicted octanol–water partition coefficient (Wildman–Crippen LogP) is 4.09. The Morgan fingerprint density at radius 2 is 1.46 bits per heavy atom. The maximum atomic E-state index is 6.06. The minimum atomic E-state index is 0.553. The van der Waals surface area contributed by atoms with Gasteiger partial charge in [-0.3, -0.25) is 0 Å². The second-order valence-corrected chi connectivity index (χ2v) is 6.24. The molecule has 0 aliphatic carbocycles. The van der Waals surface area contributed by atoms with Crippen LogP contribution in [0.5, 0.6) is 23.0 Å². The number of nitrogens with zero attached hydrogens (tertiary/aromatic N) is 1. The van der Waals surface area contributed by atoms with Crippen molar-refractivity contribution in [3.8, 4) is 44.6 Å². The van der Waals surface area contributed by atoms with Gasteiger partial charge in [-0.1, -0.05) is 0 Å². The molecule has 0 bridgehead atoms. The third-order valence-corrected chi connectivity index (χ3v) is 4.89. The van der Waals surface area contributed by atoms with Gasteiger partial charge in [-0.05, 0) is 53.0 Å². The fraction of sp³-hybridized carbons (Fsp3) is 0.211. The van der Waals surface area contributed by atoms with Crippen LogP contribution in [0.1, 0.15) is 0 Å². The molecule has 1 heterocycles. The number of anilines is 1. The van der Waals surface area contributed by atoms with Gasteiger partial charge in [-0.15, -0.1) is 0 Å². The molecule has 26 heavy (non-hydrogen) atoms. The van der Waals surface area contributed by atoms with E-state index in [2.05, 4.69) is 4.37 Å². The molecule has 3 rings (SSSR count). The molecule has 136 valence electrons. The summed E-state index contributed by atoms with van der Waals surface area (Å²) in [7, 11) is 6.37. The molecule has 0 unspecified atom stereocenters. The lowest BCUT2D eigenvalue weighted by Gasteiger charge is -2.14. The van der Waals surface area contributed by atoms with E-state index in [1.807, 2.05) is 36.5 Å². The van der Waals surface area contributed by atoms with E-state index < -0.39 is 0 Å². The molecule has 0 fully saturated rings. The van der Waals surface area contributed by atoms with Crippen LogP contribution >= 0.6 is 11.5 Å². The number of rotatable bonds is 6. The summed E-state index contributed by atoms with van der Waals surface area (Å²) < 4.78 is 25.9. The van der Waals surface area contributed by atoms with Crippen LogP contribution in [0, 0.1) is 0 Å². The summed E-state index contributed by atoms with van der Waals surface area (Å²) in [5, 5.41) is 0. The normalized spacial score (nSPS) is 10.5. The van der Waals surface area contributed by atoms with Crippen LogP contribution in [-0.4, -0.2) is 32.8 Å². The average molecular weight is 372 g/mol. The third kappa shape index (κ3) is 3.13. The first kappa shape index (κ1) is 17.9. The molecule has 6 nitrogen and oxygen atoms in total. The Labute approximate surface area is 156 Å². The van der Waals surface area contributed by atoms with E-state index in [9.17, 15) is 0 Å². The molecular formula is C19H20N2O4S. The number of nitrogens with two attached hydrogens (primary N) is 1. The van der Waals surface area contributed by atoms with Gasteiger partial charge in [0.2, 0.25) is 5.75 Å². The Balaban J connectivity index is 2.13. The Hall–Kier alpha value is -2.93. The van der Waals surface area contributed by atoms with Gasteiger partial charge in [0.1, 0.15) is 5.75 Å². The first-order valence-electron chi connectivity index (χ1n) is 7.81. The molecule has 0 aliphatic rings. The molecular weight excluding hydrogens is 352 g/mol. The van der Waals surface area contributed by atoms with Crippen molar-refractivity contribution in [3.05, 3.63) is 36.5 Å². The zero-order valence-corrected chi connectivity index (χ0v) is 15.8. The van der Waals surface area contributed by atoms with E-state index in [0.29, 0.717) is 28.7 Å². The molecule has 0 saturated carbocycles. The van der Waals surface area contributed by atoms with E-state index in [1.54, 1.807) is 28.4 Å². The maximum Gasteiger partial charge on any atom is 0.203 e. The summed E-state index contributed by atoms with van der Waals surface area (Å²) in [6.07, 6.45) is 1.82. The van der Waals surface area contributed by atoms with Crippen LogP contribution < -0.4 is 24.7 Å². The van der Waals surface area contributed by atoms with E-state index >= 15 is 0 Å². The second-order valence-electron chi connectivity index (χ2n) is 5.44. The molecule has 0 radical (unpaired) electrons. The minimum absolute atomic E-state index is 0.553. The zero-order valence-electron chi connectivity index (χ0n) is 15.0. The SMILES string of the molecule is COc1ccc(-c2sncc2-c2cc(OC)c(OC)c(OC)c2)cc1N. The standard InChI is InChI=1S/C19H20N2O4S/c1-22-15-6-5-11(7-14(15)20)19-13(10-21-26-19)12-8-16(23-2)18(25-4)17(9-12)24-3/h5-10H,20H2,1-4H3. The second kappa shape index (κ2) is 7.53. The molecule has 0 atom stereocenters. The van der Waals surface area contributed by atoms with E-state index in [-0.39, 0.29) is 0 Å². The van der Waals surface area contributed by atoms with Gasteiger partial charge < -0.3 is 24.7 Å². The van der Waals surface area contributed by atoms with Gasteiger partial charge in [0, 0.05) is 11.8 Å². The van der Waals surface area contributed by atoms with Gasteiger partial charge in [-0.25, -0.2) is 0 Å². The monoisotopic (exact) mass is 372 g/mol. The minimum Gasteiger partial charge on any atom is -0.495 e. The van der Waals surface area contributed by atoms with Crippen molar-refractivity contribution in [2.24, 2.45) is 0 Å². The van der Waals surface area contributed by atoms with Crippen LogP contribution in [-0.2, 0) is 0 Å². The maximum absolute atomic E-state index is 6.06. The lowest BCUT2D eigenvalue weighted by Crippen LogP contribution is -1.96. The first-order chi connectivity index (χ1) is 12.6. The van der Waals surface area contributed by atoms with Gasteiger partial charge in [0.25, 0.3) is 0 Å². The van der Waals surface area contributed by atoms with E-state index in [1.165, 1.54) is 11.5 Å². The molecule has 2 N–H and O–H groups in total. The largest absolute Gasteiger partial charge is 0.495 e. The van der Waals surface area contributed by atoms with E-state index in [0.717, 1.165) is 21.6 Å². The van der Waals surface area contributed by atoms with Crippen molar-refractivity contribution < 1.29 is 18.9 Å². The summed E-state index contributed by atoms with van der Waals surface area (Å²) in [5.41, 5.74) is 9.48. The highest BCUT2D eigenvalue weighted by Gasteiger charge is 2.18. The number of hydrogen-bond donors (Lipinski definition) is 1. The summed E-state index contributed by atoms with van der Waals surface area (Å²) in [6, 6.07) is 9.50. The summed E-state index contributed by atoms with van der Waals surface area (Å²) in [6.45, 7) is 0. The number of benzene rings is 2. The summed E-state index contributed by atoms with van der Waals surface area (Å²) >= 11 is 1.40. The third-order valence-electron chi connectivity index (χ3n) is 4.04. The quantitative estimate of drug-likeness (QED) is 0.657. The lowest BCUT2D eigenvalue weighted by molar-refractivity contribution is 0.324. The molecule has 7 heteroatoms. The highest BCUT2D eigenvalue weighted by atomic mass is 32.1. The molecule has 0 amide bonds. The Bertz CT molecular complexity index is 899. The van der Waals surface area contributed by atoms with Crippen LogP contribution in [0.25, 0.3) is 21.6 Å². The number of nitrogen functional groups attached to an aromatic ring is 1. The van der Waals surface area contributed by atoms with Crippen molar-refractivity contribution >= 4 is 17.2 Å². The van der Waals surface area contributed by atoms with Crippen LogP contribution in [0.3, 0.4) is 0 Å². The zero-order chi connectivity index (χ0) is 18.7. The number of methoxy groups -OCH3 is 4. The van der Waals surface area contributed by atoms with E-state index in [4.69, 9.17) is 24.7 Å². The average Bonchev–Trinajstić information content (AvgIpc) is 3.16. The van der Waals surface area contributed by atoms with Crippen molar-refractivity contribution in [3.63, 3.8) is 0 Å². The van der Waals surface area contributed by atoms with Gasteiger partial charge in [0.05, 0.1) is 39.0 Å². The molecule has 0 aliphatic heterocycles. The molecule has 3 aromatic rings. The Morgan fingerprint density at radius 3 is 2.00 bits per heavy atom. The van der Waals surface area contributed by atoms with Crippen molar-refractivity contribution in [2.45, 2.75) is 0 Å². The summed E-state index contributed by atoms with van der Waals surface area (Å²) in [5.74, 6) is 2.38. The van der Waals surface area contributed by atoms with Gasteiger partial charge in [0.15, 0.2) is 11.5 Å². The van der Waals surface area contributed by atoms with Crippen LogP contribution in [0.4, 0.5) is 5.69 Å². The molecule has 1 aromatic heterocycles. The van der Waals surface area contributed by atoms with Crippen molar-refractivity contribution in [2.75, 3.05) is 34.2 Å². The number of ether oxygens (including phenoxy) is 4. The Kier molecular flexibility index (Phi) is 5.18. The van der Waals surface area contributed by atoms with Gasteiger partial charge >= 0.3 is 0 Å².